The van der Waals surface area contributed by atoms with Crippen molar-refractivity contribution < 1.29 is 4.74 Å². The van der Waals surface area contributed by atoms with Gasteiger partial charge in [0.2, 0.25) is 0 Å². The summed E-state index contributed by atoms with van der Waals surface area (Å²) in [5.74, 6) is 0.809. The Morgan fingerprint density at radius 3 is 2.59 bits per heavy atom. The summed E-state index contributed by atoms with van der Waals surface area (Å²) in [6.45, 7) is 2.11. The summed E-state index contributed by atoms with van der Waals surface area (Å²) in [6.07, 6.45) is 1.03. The molecule has 1 atom stereocenters. The van der Waals surface area contributed by atoms with E-state index in [4.69, 9.17) is 10.00 Å². The van der Waals surface area contributed by atoms with Gasteiger partial charge >= 0.3 is 0 Å². The van der Waals surface area contributed by atoms with Gasteiger partial charge in [-0.15, -0.1) is 11.3 Å². The van der Waals surface area contributed by atoms with Crippen LogP contribution >= 0.6 is 11.3 Å². The topological polar surface area (TPSA) is 33.0 Å². The molecule has 0 aliphatic carbocycles. The van der Waals surface area contributed by atoms with Gasteiger partial charge < -0.3 is 4.74 Å². The van der Waals surface area contributed by atoms with Gasteiger partial charge in [-0.05, 0) is 42.1 Å². The van der Waals surface area contributed by atoms with Gasteiger partial charge in [-0.25, -0.2) is 0 Å². The third-order valence-electron chi connectivity index (χ3n) is 2.49. The van der Waals surface area contributed by atoms with Crippen LogP contribution in [0.15, 0.2) is 41.8 Å². The van der Waals surface area contributed by atoms with E-state index >= 15 is 0 Å². The molecule has 0 amide bonds. The zero-order valence-electron chi connectivity index (χ0n) is 9.59. The van der Waals surface area contributed by atoms with Crippen molar-refractivity contribution in [3.8, 4) is 11.8 Å². The van der Waals surface area contributed by atoms with Crippen LogP contribution in [0.5, 0.6) is 5.75 Å². The molecule has 0 saturated heterocycles. The fourth-order valence-electron chi connectivity index (χ4n) is 1.59. The second kappa shape index (κ2) is 5.51. The summed E-state index contributed by atoms with van der Waals surface area (Å²) in [4.78, 5) is 1.23. The average Bonchev–Trinajstić information content (AvgIpc) is 2.90. The van der Waals surface area contributed by atoms with Gasteiger partial charge in [0, 0.05) is 4.88 Å². The van der Waals surface area contributed by atoms with Crippen molar-refractivity contribution in [3.63, 3.8) is 0 Å². The first kappa shape index (κ1) is 11.7. The van der Waals surface area contributed by atoms with Crippen molar-refractivity contribution in [3.05, 3.63) is 52.2 Å². The fraction of sp³-hybridized carbons (Fsp3) is 0.214. The molecule has 0 aliphatic rings. The number of nitriles is 1. The Balaban J connectivity index is 2.11. The molecule has 3 heteroatoms. The summed E-state index contributed by atoms with van der Waals surface area (Å²) in [7, 11) is 0. The van der Waals surface area contributed by atoms with Gasteiger partial charge in [-0.1, -0.05) is 13.0 Å². The average molecular weight is 243 g/mol. The van der Waals surface area contributed by atoms with E-state index in [1.165, 1.54) is 4.88 Å². The monoisotopic (exact) mass is 243 g/mol. The Morgan fingerprint density at radius 1 is 1.29 bits per heavy atom. The quantitative estimate of drug-likeness (QED) is 0.808. The Morgan fingerprint density at radius 2 is 2.06 bits per heavy atom. The number of thiophene rings is 1. The van der Waals surface area contributed by atoms with Crippen molar-refractivity contribution in [1.82, 2.24) is 0 Å². The highest BCUT2D eigenvalue weighted by molar-refractivity contribution is 7.10. The van der Waals surface area contributed by atoms with Crippen LogP contribution in [0.3, 0.4) is 0 Å². The standard InChI is InChI=1S/C14H13NOS/c1-2-13(14-4-3-9-17-14)16-12-7-5-11(10-15)6-8-12/h3-9,13H,2H2,1H3/t13-/m0/s1. The maximum absolute atomic E-state index is 8.72. The maximum atomic E-state index is 8.72. The first-order valence-electron chi connectivity index (χ1n) is 5.53. The third kappa shape index (κ3) is 2.86. The molecule has 0 aliphatic heterocycles. The zero-order chi connectivity index (χ0) is 12.1. The Bertz CT molecular complexity index is 496. The number of benzene rings is 1. The molecule has 0 spiro atoms. The Kier molecular flexibility index (Phi) is 3.79. The molecule has 0 unspecified atom stereocenters. The molecular weight excluding hydrogens is 230 g/mol. The number of hydrogen-bond donors (Lipinski definition) is 0. The maximum Gasteiger partial charge on any atom is 0.133 e. The highest BCUT2D eigenvalue weighted by atomic mass is 32.1. The summed E-state index contributed by atoms with van der Waals surface area (Å²) >= 11 is 1.71. The molecule has 0 bridgehead atoms. The third-order valence-corrected chi connectivity index (χ3v) is 3.46. The van der Waals surface area contributed by atoms with Crippen LogP contribution in [-0.4, -0.2) is 0 Å². The van der Waals surface area contributed by atoms with Crippen molar-refractivity contribution in [1.29, 1.82) is 5.26 Å². The molecular formula is C14H13NOS. The lowest BCUT2D eigenvalue weighted by Gasteiger charge is -2.16. The minimum absolute atomic E-state index is 0.0999. The minimum atomic E-state index is 0.0999. The van der Waals surface area contributed by atoms with E-state index in [-0.39, 0.29) is 6.10 Å². The SMILES string of the molecule is CC[C@H](Oc1ccc(C#N)cc1)c1cccs1. The first-order valence-corrected chi connectivity index (χ1v) is 6.41. The van der Waals surface area contributed by atoms with Crippen LogP contribution in [0.25, 0.3) is 0 Å². The van der Waals surface area contributed by atoms with Gasteiger partial charge in [0.15, 0.2) is 0 Å². The highest BCUT2D eigenvalue weighted by Crippen LogP contribution is 2.27. The van der Waals surface area contributed by atoms with Crippen LogP contribution in [0, 0.1) is 11.3 Å². The van der Waals surface area contributed by atoms with E-state index in [9.17, 15) is 0 Å². The molecule has 1 aromatic carbocycles. The van der Waals surface area contributed by atoms with Gasteiger partial charge in [0.25, 0.3) is 0 Å². The van der Waals surface area contributed by atoms with E-state index in [0.29, 0.717) is 5.56 Å². The molecule has 0 fully saturated rings. The molecule has 17 heavy (non-hydrogen) atoms. The first-order chi connectivity index (χ1) is 8.33. The fourth-order valence-corrected chi connectivity index (χ4v) is 2.43. The van der Waals surface area contributed by atoms with Crippen molar-refractivity contribution in [2.45, 2.75) is 19.4 Å². The summed E-state index contributed by atoms with van der Waals surface area (Å²) < 4.78 is 5.91. The number of nitrogens with zero attached hydrogens (tertiary/aromatic N) is 1. The van der Waals surface area contributed by atoms with E-state index in [1.807, 2.05) is 18.2 Å². The molecule has 0 N–H and O–H groups in total. The molecule has 2 nitrogen and oxygen atoms in total. The summed E-state index contributed by atoms with van der Waals surface area (Å²) in [6, 6.07) is 13.4. The van der Waals surface area contributed by atoms with Crippen LogP contribution in [0.2, 0.25) is 0 Å². The predicted octanol–water partition coefficient (Wildman–Crippen LogP) is 4.15. The van der Waals surface area contributed by atoms with E-state index in [1.54, 1.807) is 23.5 Å². The molecule has 1 heterocycles. The summed E-state index contributed by atoms with van der Waals surface area (Å²) in [5.41, 5.74) is 0.654. The van der Waals surface area contributed by atoms with E-state index in [2.05, 4.69) is 24.4 Å². The van der Waals surface area contributed by atoms with Crippen LogP contribution in [0.4, 0.5) is 0 Å². The van der Waals surface area contributed by atoms with E-state index < -0.39 is 0 Å². The van der Waals surface area contributed by atoms with Gasteiger partial charge in [-0.2, -0.15) is 5.26 Å². The molecule has 1 aromatic heterocycles. The molecule has 0 saturated carbocycles. The Labute approximate surface area is 105 Å². The zero-order valence-corrected chi connectivity index (χ0v) is 10.4. The van der Waals surface area contributed by atoms with Gasteiger partial charge in [0.05, 0.1) is 11.6 Å². The van der Waals surface area contributed by atoms with Crippen LogP contribution in [-0.2, 0) is 0 Å². The number of rotatable bonds is 4. The number of hydrogen-bond acceptors (Lipinski definition) is 3. The predicted molar refractivity (Wildman–Crippen MR) is 69.1 cm³/mol. The molecule has 2 rings (SSSR count). The lowest BCUT2D eigenvalue weighted by molar-refractivity contribution is 0.205. The van der Waals surface area contributed by atoms with E-state index in [0.717, 1.165) is 12.2 Å². The second-order valence-electron chi connectivity index (χ2n) is 3.67. The van der Waals surface area contributed by atoms with Crippen molar-refractivity contribution in [2.24, 2.45) is 0 Å². The van der Waals surface area contributed by atoms with Gasteiger partial charge in [-0.3, -0.25) is 0 Å². The van der Waals surface area contributed by atoms with Crippen molar-refractivity contribution in [2.75, 3.05) is 0 Å². The Hall–Kier alpha value is -1.79. The van der Waals surface area contributed by atoms with Gasteiger partial charge in [0.1, 0.15) is 11.9 Å². The normalized spacial score (nSPS) is 11.8. The summed E-state index contributed by atoms with van der Waals surface area (Å²) in [5, 5.41) is 10.8. The van der Waals surface area contributed by atoms with Crippen molar-refractivity contribution >= 4 is 11.3 Å². The van der Waals surface area contributed by atoms with Crippen LogP contribution in [0.1, 0.15) is 29.9 Å². The molecule has 2 aromatic rings. The molecule has 0 radical (unpaired) electrons. The minimum Gasteiger partial charge on any atom is -0.485 e. The van der Waals surface area contributed by atoms with Crippen LogP contribution < -0.4 is 4.74 Å². The lowest BCUT2D eigenvalue weighted by Crippen LogP contribution is -2.04. The highest BCUT2D eigenvalue weighted by Gasteiger charge is 2.11. The molecule has 86 valence electrons. The second-order valence-corrected chi connectivity index (χ2v) is 4.65. The smallest absolute Gasteiger partial charge is 0.133 e. The lowest BCUT2D eigenvalue weighted by atomic mass is 10.2. The largest absolute Gasteiger partial charge is 0.485 e. The number of ether oxygens (including phenoxy) is 1.